The van der Waals surface area contributed by atoms with Gasteiger partial charge in [-0.2, -0.15) is 0 Å². The number of hydrogen-bond acceptors (Lipinski definition) is 6. The fraction of sp³-hybridized carbons (Fsp3) is 0. The molecule has 0 unspecified atom stereocenters. The van der Waals surface area contributed by atoms with Gasteiger partial charge in [0.1, 0.15) is 0 Å². The van der Waals surface area contributed by atoms with Crippen molar-refractivity contribution in [3.8, 4) is 44.5 Å². The Hall–Kier alpha value is -6.66. The highest BCUT2D eigenvalue weighted by Crippen LogP contribution is 2.40. The van der Waals surface area contributed by atoms with E-state index in [0.717, 1.165) is 88.6 Å². The van der Waals surface area contributed by atoms with Crippen LogP contribution in [0.25, 0.3) is 66.3 Å². The Labute approximate surface area is 275 Å². The molecular weight excluding hydrogens is 592 g/mol. The van der Waals surface area contributed by atoms with Gasteiger partial charge in [0.05, 0.1) is 11.0 Å². The molecule has 224 valence electrons. The Balaban J connectivity index is 0.000000131. The third-order valence-corrected chi connectivity index (χ3v) is 9.10. The van der Waals surface area contributed by atoms with Crippen molar-refractivity contribution in [2.45, 2.75) is 0 Å². The molecule has 4 aromatic heterocycles. The second kappa shape index (κ2) is 11.0. The SMILES string of the molecule is O=C1c2ccccc2-c2ccc(-c3cncc4cccnc34)cc21.O=C1c2ccccc2-c2ccc(-c3cncc4cccnc34)cc21. The summed E-state index contributed by atoms with van der Waals surface area (Å²) in [5, 5.41) is 1.98. The first-order chi connectivity index (χ1) is 23.7. The van der Waals surface area contributed by atoms with E-state index in [2.05, 4.69) is 19.9 Å². The lowest BCUT2D eigenvalue weighted by Crippen LogP contribution is -1.95. The molecule has 0 spiro atoms. The summed E-state index contributed by atoms with van der Waals surface area (Å²) in [6.45, 7) is 0. The summed E-state index contributed by atoms with van der Waals surface area (Å²) in [6.07, 6.45) is 10.8. The van der Waals surface area contributed by atoms with Crippen LogP contribution in [0.5, 0.6) is 0 Å². The van der Waals surface area contributed by atoms with Gasteiger partial charge in [-0.3, -0.25) is 29.5 Å². The van der Waals surface area contributed by atoms with Gasteiger partial charge in [0.2, 0.25) is 0 Å². The molecule has 0 radical (unpaired) electrons. The summed E-state index contributed by atoms with van der Waals surface area (Å²) >= 11 is 0. The highest BCUT2D eigenvalue weighted by Gasteiger charge is 2.28. The van der Waals surface area contributed by atoms with Gasteiger partial charge in [-0.15, -0.1) is 0 Å². The molecule has 2 aliphatic carbocycles. The predicted octanol–water partition coefficient (Wildman–Crippen LogP) is 9.02. The summed E-state index contributed by atoms with van der Waals surface area (Å²) in [4.78, 5) is 43.0. The van der Waals surface area contributed by atoms with E-state index < -0.39 is 0 Å². The summed E-state index contributed by atoms with van der Waals surface area (Å²) in [6, 6.07) is 35.4. The van der Waals surface area contributed by atoms with Crippen LogP contribution >= 0.6 is 0 Å². The first-order valence-corrected chi connectivity index (χ1v) is 15.6. The van der Waals surface area contributed by atoms with Crippen LogP contribution in [0.3, 0.4) is 0 Å². The molecule has 0 saturated carbocycles. The molecule has 4 aromatic carbocycles. The summed E-state index contributed by atoms with van der Waals surface area (Å²) in [5.41, 5.74) is 12.7. The zero-order chi connectivity index (χ0) is 32.2. The second-order valence-electron chi connectivity index (χ2n) is 11.8. The molecule has 6 nitrogen and oxygen atoms in total. The van der Waals surface area contributed by atoms with Crippen LogP contribution in [0, 0.1) is 0 Å². The lowest BCUT2D eigenvalue weighted by molar-refractivity contribution is 0.103. The lowest BCUT2D eigenvalue weighted by atomic mass is 9.98. The highest BCUT2D eigenvalue weighted by molar-refractivity contribution is 6.23. The molecule has 0 amide bonds. The number of pyridine rings is 4. The normalized spacial score (nSPS) is 12.2. The third-order valence-electron chi connectivity index (χ3n) is 9.10. The van der Waals surface area contributed by atoms with Gasteiger partial charge >= 0.3 is 0 Å². The van der Waals surface area contributed by atoms with E-state index in [4.69, 9.17) is 0 Å². The molecule has 6 heteroatoms. The Kier molecular flexibility index (Phi) is 6.33. The minimum Gasteiger partial charge on any atom is -0.289 e. The average Bonchev–Trinajstić information content (AvgIpc) is 3.61. The van der Waals surface area contributed by atoms with Crippen molar-refractivity contribution in [2.24, 2.45) is 0 Å². The molecule has 0 bridgehead atoms. The Morgan fingerprint density at radius 3 is 1.23 bits per heavy atom. The Morgan fingerprint density at radius 1 is 0.354 bits per heavy atom. The van der Waals surface area contributed by atoms with E-state index in [1.165, 1.54) is 0 Å². The Morgan fingerprint density at radius 2 is 0.771 bits per heavy atom. The number of rotatable bonds is 2. The molecule has 4 heterocycles. The number of carbonyl (C=O) groups is 2. The molecule has 0 saturated heterocycles. The van der Waals surface area contributed by atoms with Crippen molar-refractivity contribution >= 4 is 33.4 Å². The van der Waals surface area contributed by atoms with E-state index in [0.29, 0.717) is 0 Å². The van der Waals surface area contributed by atoms with Crippen molar-refractivity contribution in [1.82, 2.24) is 19.9 Å². The number of hydrogen-bond donors (Lipinski definition) is 0. The van der Waals surface area contributed by atoms with E-state index >= 15 is 0 Å². The molecule has 0 N–H and O–H groups in total. The minimum atomic E-state index is 0.0867. The van der Waals surface area contributed by atoms with Crippen molar-refractivity contribution in [1.29, 1.82) is 0 Å². The quantitative estimate of drug-likeness (QED) is 0.193. The van der Waals surface area contributed by atoms with E-state index in [1.807, 2.05) is 122 Å². The van der Waals surface area contributed by atoms with E-state index in [9.17, 15) is 9.59 Å². The molecule has 8 aromatic rings. The average molecular weight is 617 g/mol. The van der Waals surface area contributed by atoms with Crippen molar-refractivity contribution in [2.75, 3.05) is 0 Å². The number of fused-ring (bicyclic) bond motifs is 8. The minimum absolute atomic E-state index is 0.0867. The third kappa shape index (κ3) is 4.35. The lowest BCUT2D eigenvalue weighted by Gasteiger charge is -2.07. The fourth-order valence-electron chi connectivity index (χ4n) is 6.81. The summed E-state index contributed by atoms with van der Waals surface area (Å²) in [7, 11) is 0. The summed E-state index contributed by atoms with van der Waals surface area (Å²) < 4.78 is 0. The van der Waals surface area contributed by atoms with Gasteiger partial charge in [-0.1, -0.05) is 72.8 Å². The number of nitrogens with zero attached hydrogens (tertiary/aromatic N) is 4. The first-order valence-electron chi connectivity index (χ1n) is 15.6. The molecule has 48 heavy (non-hydrogen) atoms. The van der Waals surface area contributed by atoms with Crippen LogP contribution in [0.4, 0.5) is 0 Å². The fourth-order valence-corrected chi connectivity index (χ4v) is 6.81. The standard InChI is InChI=1S/2C21H12N2O/c2*24-21-17-6-2-1-5-15(17)16-8-7-13(10-18(16)21)19-12-22-11-14-4-3-9-23-20(14)19/h2*1-12H. The van der Waals surface area contributed by atoms with Crippen LogP contribution in [-0.2, 0) is 0 Å². The van der Waals surface area contributed by atoms with Crippen molar-refractivity contribution < 1.29 is 9.59 Å². The monoisotopic (exact) mass is 616 g/mol. The van der Waals surface area contributed by atoms with Gasteiger partial charge < -0.3 is 0 Å². The van der Waals surface area contributed by atoms with Crippen LogP contribution in [-0.4, -0.2) is 31.5 Å². The van der Waals surface area contributed by atoms with E-state index in [1.54, 1.807) is 24.8 Å². The zero-order valence-corrected chi connectivity index (χ0v) is 25.5. The van der Waals surface area contributed by atoms with Gasteiger partial charge in [0, 0.05) is 81.3 Å². The van der Waals surface area contributed by atoms with Crippen LogP contribution in [0.15, 0.2) is 146 Å². The molecule has 0 atom stereocenters. The maximum atomic E-state index is 12.7. The smallest absolute Gasteiger partial charge is 0.194 e. The second-order valence-corrected chi connectivity index (χ2v) is 11.8. The molecule has 2 aliphatic rings. The highest BCUT2D eigenvalue weighted by atomic mass is 16.1. The maximum absolute atomic E-state index is 12.7. The number of ketones is 2. The van der Waals surface area contributed by atoms with E-state index in [-0.39, 0.29) is 11.6 Å². The van der Waals surface area contributed by atoms with Crippen molar-refractivity contribution in [3.63, 3.8) is 0 Å². The van der Waals surface area contributed by atoms with Gasteiger partial charge in [0.15, 0.2) is 11.6 Å². The summed E-state index contributed by atoms with van der Waals surface area (Å²) in [5.74, 6) is 0.173. The van der Waals surface area contributed by atoms with Gasteiger partial charge in [-0.05, 0) is 69.8 Å². The van der Waals surface area contributed by atoms with Gasteiger partial charge in [-0.25, -0.2) is 0 Å². The van der Waals surface area contributed by atoms with Crippen LogP contribution < -0.4 is 0 Å². The van der Waals surface area contributed by atoms with Crippen LogP contribution in [0.2, 0.25) is 0 Å². The zero-order valence-electron chi connectivity index (χ0n) is 25.5. The molecular formula is C42H24N4O2. The predicted molar refractivity (Wildman–Crippen MR) is 188 cm³/mol. The van der Waals surface area contributed by atoms with Crippen molar-refractivity contribution in [3.05, 3.63) is 169 Å². The first kappa shape index (κ1) is 27.6. The number of carbonyl (C=O) groups excluding carboxylic acids is 2. The maximum Gasteiger partial charge on any atom is 0.194 e. The molecule has 10 rings (SSSR count). The topological polar surface area (TPSA) is 85.7 Å². The number of aromatic nitrogens is 4. The number of benzene rings is 4. The molecule has 0 aliphatic heterocycles. The van der Waals surface area contributed by atoms with Crippen LogP contribution in [0.1, 0.15) is 31.8 Å². The molecule has 0 fully saturated rings. The van der Waals surface area contributed by atoms with Gasteiger partial charge in [0.25, 0.3) is 0 Å². The Bertz CT molecular complexity index is 2430. The largest absolute Gasteiger partial charge is 0.289 e.